The molecule has 10 heteroatoms. The SMILES string of the molecule is COCCCn1c(=O)c2ccccc2n2c(SCc3c(C#N)c(C)nn3-c3ccccc3)nnc12. The fourth-order valence-corrected chi connectivity index (χ4v) is 5.11. The Morgan fingerprint density at radius 3 is 2.63 bits per heavy atom. The first-order valence-corrected chi connectivity index (χ1v) is 12.1. The third-order valence-electron chi connectivity index (χ3n) is 5.81. The second kappa shape index (κ2) is 9.74. The van der Waals surface area contributed by atoms with E-state index in [-0.39, 0.29) is 5.56 Å². The summed E-state index contributed by atoms with van der Waals surface area (Å²) in [6.07, 6.45) is 0.681. The minimum absolute atomic E-state index is 0.0994. The summed E-state index contributed by atoms with van der Waals surface area (Å²) in [6.45, 7) is 2.86. The van der Waals surface area contributed by atoms with E-state index in [1.165, 1.54) is 11.8 Å². The van der Waals surface area contributed by atoms with Gasteiger partial charge in [-0.2, -0.15) is 10.4 Å². The number of hydrogen-bond donors (Lipinski definition) is 0. The molecule has 5 aromatic rings. The lowest BCUT2D eigenvalue weighted by Gasteiger charge is -2.11. The zero-order valence-electron chi connectivity index (χ0n) is 19.4. The number of benzene rings is 2. The molecule has 0 saturated carbocycles. The Hall–Kier alpha value is -3.94. The molecule has 0 bridgehead atoms. The van der Waals surface area contributed by atoms with E-state index in [9.17, 15) is 10.1 Å². The molecule has 0 unspecified atom stereocenters. The number of nitrogens with zero attached hydrogens (tertiary/aromatic N) is 7. The Labute approximate surface area is 205 Å². The van der Waals surface area contributed by atoms with Gasteiger partial charge in [0.2, 0.25) is 5.78 Å². The maximum Gasteiger partial charge on any atom is 0.262 e. The van der Waals surface area contributed by atoms with Crippen LogP contribution < -0.4 is 5.56 Å². The van der Waals surface area contributed by atoms with Gasteiger partial charge in [-0.25, -0.2) is 4.68 Å². The number of nitriles is 1. The van der Waals surface area contributed by atoms with Gasteiger partial charge in [-0.3, -0.25) is 13.8 Å². The molecule has 5 rings (SSSR count). The summed E-state index contributed by atoms with van der Waals surface area (Å²) in [7, 11) is 1.64. The van der Waals surface area contributed by atoms with Crippen molar-refractivity contribution in [3.63, 3.8) is 0 Å². The van der Waals surface area contributed by atoms with Gasteiger partial charge in [-0.1, -0.05) is 42.1 Å². The minimum atomic E-state index is -0.0994. The summed E-state index contributed by atoms with van der Waals surface area (Å²) < 4.78 is 10.5. The smallest absolute Gasteiger partial charge is 0.262 e. The molecule has 35 heavy (non-hydrogen) atoms. The molecule has 0 N–H and O–H groups in total. The normalized spacial score (nSPS) is 11.3. The first kappa shape index (κ1) is 22.8. The molecule has 0 saturated heterocycles. The maximum absolute atomic E-state index is 13.2. The van der Waals surface area contributed by atoms with Crippen LogP contribution in [0.15, 0.2) is 64.5 Å². The van der Waals surface area contributed by atoms with Crippen molar-refractivity contribution in [2.75, 3.05) is 13.7 Å². The number of aryl methyl sites for hydroxylation is 2. The topological polar surface area (TPSA) is 103 Å². The van der Waals surface area contributed by atoms with Crippen LogP contribution in [0.25, 0.3) is 22.4 Å². The van der Waals surface area contributed by atoms with E-state index in [1.54, 1.807) is 11.7 Å². The molecule has 0 atom stereocenters. The molecular formula is C25H23N7O2S. The number of ether oxygens (including phenoxy) is 1. The van der Waals surface area contributed by atoms with Crippen LogP contribution in [0.2, 0.25) is 0 Å². The summed E-state index contributed by atoms with van der Waals surface area (Å²) in [6, 6.07) is 19.5. The van der Waals surface area contributed by atoms with Crippen molar-refractivity contribution in [3.8, 4) is 11.8 Å². The lowest BCUT2D eigenvalue weighted by atomic mass is 10.2. The van der Waals surface area contributed by atoms with Gasteiger partial charge in [-0.05, 0) is 37.6 Å². The number of aromatic nitrogens is 6. The van der Waals surface area contributed by atoms with Gasteiger partial charge in [0.05, 0.1) is 33.5 Å². The van der Waals surface area contributed by atoms with Crippen molar-refractivity contribution in [1.82, 2.24) is 28.9 Å². The van der Waals surface area contributed by atoms with Gasteiger partial charge in [0.15, 0.2) is 5.16 Å². The van der Waals surface area contributed by atoms with Crippen LogP contribution in [-0.4, -0.2) is 42.7 Å². The summed E-state index contributed by atoms with van der Waals surface area (Å²) in [5.74, 6) is 0.942. The maximum atomic E-state index is 13.2. The molecule has 0 aliphatic carbocycles. The van der Waals surface area contributed by atoms with Crippen molar-refractivity contribution in [2.24, 2.45) is 0 Å². The Kier molecular flexibility index (Phi) is 6.35. The highest BCUT2D eigenvalue weighted by atomic mass is 32.2. The molecule has 0 amide bonds. The lowest BCUT2D eigenvalue weighted by molar-refractivity contribution is 0.190. The van der Waals surface area contributed by atoms with Gasteiger partial charge in [0.1, 0.15) is 6.07 Å². The van der Waals surface area contributed by atoms with E-state index in [0.29, 0.717) is 52.9 Å². The van der Waals surface area contributed by atoms with Gasteiger partial charge >= 0.3 is 0 Å². The number of methoxy groups -OCH3 is 1. The van der Waals surface area contributed by atoms with Crippen molar-refractivity contribution in [1.29, 1.82) is 5.26 Å². The van der Waals surface area contributed by atoms with E-state index in [4.69, 9.17) is 4.74 Å². The van der Waals surface area contributed by atoms with Crippen LogP contribution in [0.4, 0.5) is 0 Å². The fourth-order valence-electron chi connectivity index (χ4n) is 4.17. The molecule has 9 nitrogen and oxygen atoms in total. The van der Waals surface area contributed by atoms with Crippen LogP contribution in [0.1, 0.15) is 23.4 Å². The molecule has 0 radical (unpaired) electrons. The predicted molar refractivity (Wildman–Crippen MR) is 134 cm³/mol. The molecule has 176 valence electrons. The Balaban J connectivity index is 1.59. The van der Waals surface area contributed by atoms with E-state index >= 15 is 0 Å². The van der Waals surface area contributed by atoms with E-state index in [0.717, 1.165) is 16.9 Å². The summed E-state index contributed by atoms with van der Waals surface area (Å²) in [5.41, 5.74) is 3.55. The highest BCUT2D eigenvalue weighted by Gasteiger charge is 2.20. The van der Waals surface area contributed by atoms with Gasteiger partial charge in [0, 0.05) is 26.0 Å². The van der Waals surface area contributed by atoms with Crippen LogP contribution in [0.5, 0.6) is 0 Å². The van der Waals surface area contributed by atoms with Crippen molar-refractivity contribution < 1.29 is 4.74 Å². The highest BCUT2D eigenvalue weighted by molar-refractivity contribution is 7.98. The molecule has 0 fully saturated rings. The van der Waals surface area contributed by atoms with Crippen molar-refractivity contribution >= 4 is 28.4 Å². The van der Waals surface area contributed by atoms with Crippen molar-refractivity contribution in [3.05, 3.63) is 81.9 Å². The average Bonchev–Trinajstić information content (AvgIpc) is 3.45. The average molecular weight is 486 g/mol. The molecular weight excluding hydrogens is 462 g/mol. The standard InChI is InChI=1S/C25H23N7O2S/c1-17-20(15-26)22(32(29-17)18-9-4-3-5-10-18)16-35-25-28-27-24-30(13-8-14-34-2)23(33)19-11-6-7-12-21(19)31(24)25/h3-7,9-12H,8,13-14,16H2,1-2H3. The molecule has 0 aliphatic heterocycles. The summed E-state index contributed by atoms with van der Waals surface area (Å²) in [5, 5.41) is 24.5. The first-order chi connectivity index (χ1) is 17.1. The fraction of sp³-hybridized carbons (Fsp3) is 0.240. The zero-order valence-corrected chi connectivity index (χ0v) is 20.2. The summed E-state index contributed by atoms with van der Waals surface area (Å²) >= 11 is 1.46. The Bertz CT molecular complexity index is 1610. The Morgan fingerprint density at radius 2 is 1.86 bits per heavy atom. The number of thioether (sulfide) groups is 1. The van der Waals surface area contributed by atoms with Gasteiger partial charge < -0.3 is 4.74 Å². The zero-order chi connectivity index (χ0) is 24.4. The number of hydrogen-bond acceptors (Lipinski definition) is 7. The van der Waals surface area contributed by atoms with Crippen LogP contribution in [0, 0.1) is 18.3 Å². The van der Waals surface area contributed by atoms with Crippen molar-refractivity contribution in [2.45, 2.75) is 30.8 Å². The molecule has 0 spiro atoms. The second-order valence-electron chi connectivity index (χ2n) is 7.99. The van der Waals surface area contributed by atoms with E-state index in [1.807, 2.05) is 70.6 Å². The molecule has 3 heterocycles. The lowest BCUT2D eigenvalue weighted by Crippen LogP contribution is -2.24. The number of rotatable bonds is 8. The largest absolute Gasteiger partial charge is 0.385 e. The molecule has 2 aromatic carbocycles. The van der Waals surface area contributed by atoms with E-state index in [2.05, 4.69) is 21.4 Å². The highest BCUT2D eigenvalue weighted by Crippen LogP contribution is 2.28. The molecule has 0 aliphatic rings. The third kappa shape index (κ3) is 4.09. The summed E-state index contributed by atoms with van der Waals surface area (Å²) in [4.78, 5) is 13.2. The minimum Gasteiger partial charge on any atom is -0.385 e. The Morgan fingerprint density at radius 1 is 1.09 bits per heavy atom. The van der Waals surface area contributed by atoms with Crippen LogP contribution in [0.3, 0.4) is 0 Å². The quantitative estimate of drug-likeness (QED) is 0.244. The second-order valence-corrected chi connectivity index (χ2v) is 8.94. The van der Waals surface area contributed by atoms with Gasteiger partial charge in [-0.15, -0.1) is 10.2 Å². The van der Waals surface area contributed by atoms with Crippen LogP contribution >= 0.6 is 11.8 Å². The van der Waals surface area contributed by atoms with Crippen LogP contribution in [-0.2, 0) is 17.0 Å². The molecule has 3 aromatic heterocycles. The predicted octanol–water partition coefficient (Wildman–Crippen LogP) is 3.74. The number of para-hydroxylation sites is 2. The third-order valence-corrected chi connectivity index (χ3v) is 6.76. The van der Waals surface area contributed by atoms with Gasteiger partial charge in [0.25, 0.3) is 5.56 Å². The van der Waals surface area contributed by atoms with E-state index < -0.39 is 0 Å². The monoisotopic (exact) mass is 485 g/mol. The first-order valence-electron chi connectivity index (χ1n) is 11.2. The number of fused-ring (bicyclic) bond motifs is 3.